The van der Waals surface area contributed by atoms with E-state index in [4.69, 9.17) is 21.1 Å². The lowest BCUT2D eigenvalue weighted by molar-refractivity contribution is -0.136. The molecule has 1 heterocycles. The molecule has 0 aliphatic heterocycles. The number of esters is 1. The molecule has 0 radical (unpaired) electrons. The zero-order valence-electron chi connectivity index (χ0n) is 14.2. The maximum Gasteiger partial charge on any atom is 0.355 e. The molecule has 2 amide bonds. The fraction of sp³-hybridized carbons (Fsp3) is 0.235. The van der Waals surface area contributed by atoms with E-state index in [0.717, 1.165) is 4.90 Å². The lowest BCUT2D eigenvalue weighted by Gasteiger charge is -2.17. The van der Waals surface area contributed by atoms with Gasteiger partial charge in [0, 0.05) is 18.3 Å². The van der Waals surface area contributed by atoms with Gasteiger partial charge in [-0.3, -0.25) is 9.59 Å². The molecule has 2 aromatic rings. The Morgan fingerprint density at radius 1 is 1.27 bits per heavy atom. The number of benzene rings is 1. The van der Waals surface area contributed by atoms with Crippen LogP contribution >= 0.6 is 11.6 Å². The van der Waals surface area contributed by atoms with Crippen LogP contribution in [0.15, 0.2) is 36.5 Å². The second-order valence-electron chi connectivity index (χ2n) is 5.30. The van der Waals surface area contributed by atoms with Crippen molar-refractivity contribution < 1.29 is 23.9 Å². The SMILES string of the molecule is COc1ccc(Cl)cc1NC(=O)CN(C)C(=O)COC(=O)c1ccc[nH]1. The van der Waals surface area contributed by atoms with Gasteiger partial charge >= 0.3 is 5.97 Å². The first-order chi connectivity index (χ1) is 12.4. The van der Waals surface area contributed by atoms with Gasteiger partial charge < -0.3 is 24.7 Å². The van der Waals surface area contributed by atoms with Gasteiger partial charge in [0.05, 0.1) is 19.3 Å². The van der Waals surface area contributed by atoms with Crippen LogP contribution in [0.3, 0.4) is 0 Å². The van der Waals surface area contributed by atoms with Crippen molar-refractivity contribution in [3.05, 3.63) is 47.2 Å². The topological polar surface area (TPSA) is 101 Å². The molecule has 2 N–H and O–H groups in total. The first kappa shape index (κ1) is 19.3. The van der Waals surface area contributed by atoms with Crippen molar-refractivity contribution >= 4 is 35.1 Å². The minimum Gasteiger partial charge on any atom is -0.495 e. The number of hydrogen-bond acceptors (Lipinski definition) is 5. The van der Waals surface area contributed by atoms with Crippen molar-refractivity contribution in [2.24, 2.45) is 0 Å². The molecule has 1 aromatic heterocycles. The maximum absolute atomic E-state index is 12.1. The predicted octanol–water partition coefficient (Wildman–Crippen LogP) is 1.93. The summed E-state index contributed by atoms with van der Waals surface area (Å²) in [7, 11) is 2.90. The summed E-state index contributed by atoms with van der Waals surface area (Å²) >= 11 is 5.90. The van der Waals surface area contributed by atoms with Crippen molar-refractivity contribution in [3.63, 3.8) is 0 Å². The summed E-state index contributed by atoms with van der Waals surface area (Å²) < 4.78 is 10.0. The summed E-state index contributed by atoms with van der Waals surface area (Å²) in [5.41, 5.74) is 0.635. The molecule has 0 saturated heterocycles. The van der Waals surface area contributed by atoms with Gasteiger partial charge in [-0.1, -0.05) is 11.6 Å². The van der Waals surface area contributed by atoms with E-state index in [9.17, 15) is 14.4 Å². The second-order valence-corrected chi connectivity index (χ2v) is 5.74. The van der Waals surface area contributed by atoms with Gasteiger partial charge in [0.25, 0.3) is 5.91 Å². The molecule has 0 fully saturated rings. The van der Waals surface area contributed by atoms with Crippen LogP contribution in [-0.2, 0) is 14.3 Å². The fourth-order valence-electron chi connectivity index (χ4n) is 2.04. The summed E-state index contributed by atoms with van der Waals surface area (Å²) in [5, 5.41) is 3.05. The number of aromatic nitrogens is 1. The molecule has 26 heavy (non-hydrogen) atoms. The lowest BCUT2D eigenvalue weighted by Crippen LogP contribution is -2.37. The van der Waals surface area contributed by atoms with E-state index in [1.807, 2.05) is 0 Å². The quantitative estimate of drug-likeness (QED) is 0.716. The molecule has 1 aromatic carbocycles. The van der Waals surface area contributed by atoms with E-state index < -0.39 is 24.4 Å². The molecule has 0 saturated carbocycles. The molecule has 0 spiro atoms. The average Bonchev–Trinajstić information content (AvgIpc) is 3.14. The lowest BCUT2D eigenvalue weighted by atomic mass is 10.3. The normalized spacial score (nSPS) is 10.1. The summed E-state index contributed by atoms with van der Waals surface area (Å²) in [6.45, 7) is -0.698. The van der Waals surface area contributed by atoms with Crippen molar-refractivity contribution in [1.29, 1.82) is 0 Å². The van der Waals surface area contributed by atoms with Crippen LogP contribution in [0.1, 0.15) is 10.5 Å². The van der Waals surface area contributed by atoms with Crippen LogP contribution in [0.2, 0.25) is 5.02 Å². The molecule has 9 heteroatoms. The number of H-pyrrole nitrogens is 1. The fourth-order valence-corrected chi connectivity index (χ4v) is 2.22. The van der Waals surface area contributed by atoms with Gasteiger partial charge in [0.15, 0.2) is 6.61 Å². The van der Waals surface area contributed by atoms with E-state index >= 15 is 0 Å². The minimum atomic E-state index is -0.648. The number of aromatic amines is 1. The molecule has 8 nitrogen and oxygen atoms in total. The molecule has 0 aliphatic carbocycles. The first-order valence-electron chi connectivity index (χ1n) is 7.58. The minimum absolute atomic E-state index is 0.228. The Labute approximate surface area is 155 Å². The Kier molecular flexibility index (Phi) is 6.62. The number of carbonyl (C=O) groups is 3. The number of carbonyl (C=O) groups excluding carboxylic acids is 3. The molecule has 0 atom stereocenters. The first-order valence-corrected chi connectivity index (χ1v) is 7.96. The molecule has 0 bridgehead atoms. The molecule has 2 rings (SSSR count). The Hall–Kier alpha value is -3.00. The van der Waals surface area contributed by atoms with Gasteiger partial charge in [-0.05, 0) is 30.3 Å². The van der Waals surface area contributed by atoms with Crippen LogP contribution in [0, 0.1) is 0 Å². The standard InChI is InChI=1S/C17H18ClN3O5/c1-21(16(23)10-26-17(24)12-4-3-7-19-12)9-15(22)20-13-8-11(18)5-6-14(13)25-2/h3-8,19H,9-10H2,1-2H3,(H,20,22). The number of halogens is 1. The van der Waals surface area contributed by atoms with Gasteiger partial charge in [-0.25, -0.2) is 4.79 Å². The third-order valence-corrected chi connectivity index (χ3v) is 3.62. The molecular weight excluding hydrogens is 362 g/mol. The Bertz CT molecular complexity index is 792. The molecule has 0 aliphatic rings. The summed E-state index contributed by atoms with van der Waals surface area (Å²) in [5.74, 6) is -1.17. The molecule has 138 valence electrons. The highest BCUT2D eigenvalue weighted by atomic mass is 35.5. The Morgan fingerprint density at radius 2 is 2.04 bits per heavy atom. The highest BCUT2D eigenvalue weighted by Crippen LogP contribution is 2.27. The van der Waals surface area contributed by atoms with Crippen molar-refractivity contribution in [2.45, 2.75) is 0 Å². The number of rotatable bonds is 7. The largest absolute Gasteiger partial charge is 0.495 e. The molecule has 0 unspecified atom stereocenters. The predicted molar refractivity (Wildman–Crippen MR) is 95.3 cm³/mol. The van der Waals surface area contributed by atoms with E-state index in [-0.39, 0.29) is 12.2 Å². The van der Waals surface area contributed by atoms with E-state index in [1.54, 1.807) is 24.4 Å². The summed E-state index contributed by atoms with van der Waals surface area (Å²) in [4.78, 5) is 39.6. The number of methoxy groups -OCH3 is 1. The number of hydrogen-bond donors (Lipinski definition) is 2. The number of amides is 2. The third-order valence-electron chi connectivity index (χ3n) is 3.39. The second kappa shape index (κ2) is 8.91. The van der Waals surface area contributed by atoms with Gasteiger partial charge in [0.2, 0.25) is 5.91 Å². The Balaban J connectivity index is 1.85. The summed E-state index contributed by atoms with van der Waals surface area (Å²) in [6, 6.07) is 7.96. The van der Waals surface area contributed by atoms with Crippen LogP contribution < -0.4 is 10.1 Å². The third kappa shape index (κ3) is 5.25. The zero-order valence-corrected chi connectivity index (χ0v) is 15.0. The van der Waals surface area contributed by atoms with Gasteiger partial charge in [-0.2, -0.15) is 0 Å². The number of likely N-dealkylation sites (N-methyl/N-ethyl adjacent to an activating group) is 1. The number of nitrogens with zero attached hydrogens (tertiary/aromatic N) is 1. The van der Waals surface area contributed by atoms with Crippen molar-refractivity contribution in [1.82, 2.24) is 9.88 Å². The van der Waals surface area contributed by atoms with Crippen molar-refractivity contribution in [3.8, 4) is 5.75 Å². The Morgan fingerprint density at radius 3 is 2.69 bits per heavy atom. The van der Waals surface area contributed by atoms with E-state index in [1.165, 1.54) is 26.3 Å². The average molecular weight is 380 g/mol. The molecular formula is C17H18ClN3O5. The van der Waals surface area contributed by atoms with Crippen LogP contribution in [0.25, 0.3) is 0 Å². The van der Waals surface area contributed by atoms with Gasteiger partial charge in [0.1, 0.15) is 11.4 Å². The highest BCUT2D eigenvalue weighted by molar-refractivity contribution is 6.31. The maximum atomic E-state index is 12.1. The monoisotopic (exact) mass is 379 g/mol. The van der Waals surface area contributed by atoms with Crippen LogP contribution in [0.4, 0.5) is 5.69 Å². The van der Waals surface area contributed by atoms with E-state index in [2.05, 4.69) is 10.3 Å². The number of ether oxygens (including phenoxy) is 2. The van der Waals surface area contributed by atoms with Crippen LogP contribution in [0.5, 0.6) is 5.75 Å². The number of nitrogens with one attached hydrogen (secondary N) is 2. The van der Waals surface area contributed by atoms with Crippen molar-refractivity contribution in [2.75, 3.05) is 32.6 Å². The highest BCUT2D eigenvalue weighted by Gasteiger charge is 2.17. The van der Waals surface area contributed by atoms with Gasteiger partial charge in [-0.15, -0.1) is 0 Å². The smallest absolute Gasteiger partial charge is 0.355 e. The van der Waals surface area contributed by atoms with Crippen LogP contribution in [-0.4, -0.2) is 55.0 Å². The van der Waals surface area contributed by atoms with E-state index in [0.29, 0.717) is 16.5 Å². The zero-order chi connectivity index (χ0) is 19.1. The number of anilines is 1. The summed E-state index contributed by atoms with van der Waals surface area (Å²) in [6.07, 6.45) is 1.57.